The molecule has 1 fully saturated rings. The van der Waals surface area contributed by atoms with Crippen LogP contribution < -0.4 is 14.4 Å². The van der Waals surface area contributed by atoms with E-state index in [1.54, 1.807) is 18.5 Å². The Hall–Kier alpha value is -3.72. The average molecular weight is 580 g/mol. The monoisotopic (exact) mass is 579 g/mol. The smallest absolute Gasteiger partial charge is 0.337 e. The van der Waals surface area contributed by atoms with Gasteiger partial charge in [0.2, 0.25) is 0 Å². The van der Waals surface area contributed by atoms with E-state index in [0.29, 0.717) is 35.7 Å². The summed E-state index contributed by atoms with van der Waals surface area (Å²) in [7, 11) is 1.44. The number of hydrogen-bond donors (Lipinski definition) is 1. The molecule has 226 valence electrons. The number of rotatable bonds is 10. The van der Waals surface area contributed by atoms with Gasteiger partial charge in [-0.3, -0.25) is 9.97 Å². The van der Waals surface area contributed by atoms with Crippen LogP contribution in [0.25, 0.3) is 11.3 Å². The van der Waals surface area contributed by atoms with Crippen molar-refractivity contribution in [2.24, 2.45) is 5.41 Å². The number of benzene rings is 1. The molecule has 0 aliphatic carbocycles. The first-order valence-electron chi connectivity index (χ1n) is 14.3. The maximum atomic E-state index is 14.0. The number of piperidine rings is 1. The number of aliphatic carboxylic acids is 1. The van der Waals surface area contributed by atoms with Crippen LogP contribution in [0.15, 0.2) is 42.7 Å². The minimum Gasteiger partial charge on any atom is -0.494 e. The van der Waals surface area contributed by atoms with E-state index in [-0.39, 0.29) is 11.2 Å². The lowest BCUT2D eigenvalue weighted by atomic mass is 9.82. The highest BCUT2D eigenvalue weighted by Gasteiger charge is 2.36. The molecule has 1 unspecified atom stereocenters. The van der Waals surface area contributed by atoms with Gasteiger partial charge in [-0.25, -0.2) is 9.18 Å². The van der Waals surface area contributed by atoms with Crippen molar-refractivity contribution in [3.63, 3.8) is 0 Å². The Morgan fingerprint density at radius 3 is 2.40 bits per heavy atom. The van der Waals surface area contributed by atoms with Crippen LogP contribution in [-0.2, 0) is 16.0 Å². The molecule has 42 heavy (non-hydrogen) atoms. The van der Waals surface area contributed by atoms with E-state index in [9.17, 15) is 14.3 Å². The zero-order valence-corrected chi connectivity index (χ0v) is 25.7. The molecular formula is C33H42FN3O5. The number of carboxylic acid groups (broad SMARTS) is 1. The lowest BCUT2D eigenvalue weighted by Gasteiger charge is -2.40. The van der Waals surface area contributed by atoms with E-state index in [1.807, 2.05) is 45.9 Å². The predicted octanol–water partition coefficient (Wildman–Crippen LogP) is 6.79. The fourth-order valence-corrected chi connectivity index (χ4v) is 5.15. The third kappa shape index (κ3) is 7.56. The largest absolute Gasteiger partial charge is 0.494 e. The number of pyridine rings is 2. The third-order valence-corrected chi connectivity index (χ3v) is 7.57. The number of hydrogen-bond acceptors (Lipinski definition) is 7. The molecule has 8 nitrogen and oxygen atoms in total. The second-order valence-electron chi connectivity index (χ2n) is 12.6. The number of aromatic nitrogens is 2. The van der Waals surface area contributed by atoms with Gasteiger partial charge in [0.05, 0.1) is 36.9 Å². The quantitative estimate of drug-likeness (QED) is 0.281. The fourth-order valence-electron chi connectivity index (χ4n) is 5.15. The van der Waals surface area contributed by atoms with Crippen molar-refractivity contribution in [2.45, 2.75) is 72.5 Å². The first kappa shape index (κ1) is 31.2. The van der Waals surface area contributed by atoms with Crippen LogP contribution in [0.3, 0.4) is 0 Å². The summed E-state index contributed by atoms with van der Waals surface area (Å²) < 4.78 is 31.0. The Balaban J connectivity index is 1.64. The van der Waals surface area contributed by atoms with Crippen LogP contribution >= 0.6 is 0 Å². The summed E-state index contributed by atoms with van der Waals surface area (Å²) in [5.74, 6) is -0.675. The molecule has 1 aromatic carbocycles. The van der Waals surface area contributed by atoms with Gasteiger partial charge in [-0.05, 0) is 75.8 Å². The minimum absolute atomic E-state index is 0.209. The van der Waals surface area contributed by atoms with Gasteiger partial charge >= 0.3 is 5.97 Å². The van der Waals surface area contributed by atoms with Crippen molar-refractivity contribution >= 4 is 11.7 Å². The van der Waals surface area contributed by atoms with E-state index < -0.39 is 23.5 Å². The molecule has 1 aliphatic rings. The van der Waals surface area contributed by atoms with Crippen molar-refractivity contribution in [2.75, 3.05) is 31.7 Å². The zero-order valence-electron chi connectivity index (χ0n) is 25.7. The predicted molar refractivity (Wildman–Crippen MR) is 161 cm³/mol. The van der Waals surface area contributed by atoms with E-state index in [4.69, 9.17) is 14.2 Å². The molecule has 0 radical (unpaired) electrons. The summed E-state index contributed by atoms with van der Waals surface area (Å²) in [6.07, 6.45) is 4.70. The van der Waals surface area contributed by atoms with Crippen molar-refractivity contribution in [1.29, 1.82) is 0 Å². The molecule has 0 amide bonds. The fraction of sp³-hybridized carbons (Fsp3) is 0.485. The number of anilines is 1. The van der Waals surface area contributed by atoms with Gasteiger partial charge in [-0.2, -0.15) is 0 Å². The topological polar surface area (TPSA) is 94.0 Å². The SMILES string of the molecule is COc1ccc(CCOc2ccc(-c3cnc(C)c(C(OC(C)(C)C)C(=O)O)c3N3CCC(C)(C)CC3)nc2)cc1F. The lowest BCUT2D eigenvalue weighted by molar-refractivity contribution is -0.160. The number of aryl methyl sites for hydroxylation is 1. The number of carboxylic acids is 1. The molecule has 3 heterocycles. The number of ether oxygens (including phenoxy) is 3. The van der Waals surface area contributed by atoms with Gasteiger partial charge in [0.1, 0.15) is 5.75 Å². The van der Waals surface area contributed by atoms with Crippen molar-refractivity contribution in [3.8, 4) is 22.8 Å². The van der Waals surface area contributed by atoms with Crippen LogP contribution in [0.4, 0.5) is 10.1 Å². The average Bonchev–Trinajstić information content (AvgIpc) is 2.92. The highest BCUT2D eigenvalue weighted by atomic mass is 19.1. The molecule has 1 saturated heterocycles. The molecule has 0 spiro atoms. The standard InChI is InChI=1S/C33H42FN3O5/c1-21-28(30(31(38)39)42-32(2,3)4)29(37-15-13-33(5,6)14-16-37)24(20-35-21)26-10-9-23(19-36-26)41-17-12-22-8-11-27(40-7)25(34)18-22/h8-11,18-20,30H,12-17H2,1-7H3,(H,38,39). The van der Waals surface area contributed by atoms with Crippen LogP contribution in [0.5, 0.6) is 11.5 Å². The minimum atomic E-state index is -1.19. The number of nitrogens with zero attached hydrogens (tertiary/aromatic N) is 3. The van der Waals surface area contributed by atoms with Gasteiger partial charge in [-0.1, -0.05) is 19.9 Å². The normalized spacial score (nSPS) is 15.8. The van der Waals surface area contributed by atoms with Gasteiger partial charge in [0.25, 0.3) is 0 Å². The van der Waals surface area contributed by atoms with Crippen molar-refractivity contribution < 1.29 is 28.5 Å². The molecule has 0 bridgehead atoms. The molecule has 2 aromatic heterocycles. The molecule has 1 N–H and O–H groups in total. The van der Waals surface area contributed by atoms with Gasteiger partial charge in [0, 0.05) is 42.5 Å². The molecule has 1 atom stereocenters. The lowest BCUT2D eigenvalue weighted by Crippen LogP contribution is -2.39. The summed E-state index contributed by atoms with van der Waals surface area (Å²) in [6.45, 7) is 13.8. The highest BCUT2D eigenvalue weighted by molar-refractivity contribution is 5.85. The Morgan fingerprint density at radius 2 is 1.83 bits per heavy atom. The molecule has 0 saturated carbocycles. The summed E-state index contributed by atoms with van der Waals surface area (Å²) in [6, 6.07) is 8.55. The number of methoxy groups -OCH3 is 1. The zero-order chi connectivity index (χ0) is 30.7. The second kappa shape index (κ2) is 12.7. The van der Waals surface area contributed by atoms with Crippen LogP contribution in [-0.4, -0.2) is 53.5 Å². The first-order valence-corrected chi connectivity index (χ1v) is 14.3. The van der Waals surface area contributed by atoms with E-state index in [0.717, 1.165) is 42.7 Å². The highest BCUT2D eigenvalue weighted by Crippen LogP contribution is 2.43. The van der Waals surface area contributed by atoms with Gasteiger partial charge in [0.15, 0.2) is 17.7 Å². The van der Waals surface area contributed by atoms with Crippen molar-refractivity contribution in [3.05, 3.63) is 65.4 Å². The van der Waals surface area contributed by atoms with E-state index in [2.05, 4.69) is 28.7 Å². The summed E-state index contributed by atoms with van der Waals surface area (Å²) in [4.78, 5) is 24.1. The first-order chi connectivity index (χ1) is 19.8. The summed E-state index contributed by atoms with van der Waals surface area (Å²) >= 11 is 0. The van der Waals surface area contributed by atoms with Gasteiger partial charge in [-0.15, -0.1) is 0 Å². The summed E-state index contributed by atoms with van der Waals surface area (Å²) in [5.41, 5.74) is 3.72. The molecular weight excluding hydrogens is 537 g/mol. The van der Waals surface area contributed by atoms with Gasteiger partial charge < -0.3 is 24.2 Å². The van der Waals surface area contributed by atoms with Crippen LogP contribution in [0, 0.1) is 18.2 Å². The van der Waals surface area contributed by atoms with Crippen molar-refractivity contribution in [1.82, 2.24) is 9.97 Å². The molecule has 9 heteroatoms. The molecule has 3 aromatic rings. The Bertz CT molecular complexity index is 1390. The maximum absolute atomic E-state index is 14.0. The Labute approximate surface area is 247 Å². The number of halogens is 1. The molecule has 1 aliphatic heterocycles. The summed E-state index contributed by atoms with van der Waals surface area (Å²) in [5, 5.41) is 10.3. The van der Waals surface area contributed by atoms with E-state index >= 15 is 0 Å². The second-order valence-corrected chi connectivity index (χ2v) is 12.6. The number of carbonyl (C=O) groups is 1. The maximum Gasteiger partial charge on any atom is 0.337 e. The van der Waals surface area contributed by atoms with E-state index in [1.165, 1.54) is 13.2 Å². The Kier molecular flexibility index (Phi) is 9.40. The van der Waals surface area contributed by atoms with Crippen LogP contribution in [0.2, 0.25) is 0 Å². The third-order valence-electron chi connectivity index (χ3n) is 7.57. The Morgan fingerprint density at radius 1 is 1.12 bits per heavy atom. The molecule has 4 rings (SSSR count). The van der Waals surface area contributed by atoms with Crippen LogP contribution in [0.1, 0.15) is 70.4 Å².